The fraction of sp³-hybridized carbons (Fsp3) is 0.167. The molecule has 164 valence electrons. The quantitative estimate of drug-likeness (QED) is 0.483. The molecule has 0 fully saturated rings. The van der Waals surface area contributed by atoms with Gasteiger partial charge in [0.2, 0.25) is 0 Å². The Hall–Kier alpha value is -3.52. The standard InChI is InChI=1S/C24H21FN2O4S/c25-20-8-6-16(7-9-20)14-32-15-22(28)21(11-23(29)30)27-24(31)19-10-18(12-26-13-19)17-4-2-1-3-5-17/h1-10,12-13,21H,11,14-15H2,(H,27,31)(H,29,30)/t21-/m0/s1. The Kier molecular flexibility index (Phi) is 8.10. The molecule has 0 aliphatic heterocycles. The molecule has 32 heavy (non-hydrogen) atoms. The van der Waals surface area contributed by atoms with Gasteiger partial charge in [-0.2, -0.15) is 0 Å². The Morgan fingerprint density at radius 2 is 1.72 bits per heavy atom. The summed E-state index contributed by atoms with van der Waals surface area (Å²) in [6.07, 6.45) is 2.47. The van der Waals surface area contributed by atoms with E-state index in [0.717, 1.165) is 16.7 Å². The van der Waals surface area contributed by atoms with Crippen molar-refractivity contribution in [2.45, 2.75) is 18.2 Å². The zero-order valence-electron chi connectivity index (χ0n) is 17.0. The summed E-state index contributed by atoms with van der Waals surface area (Å²) >= 11 is 1.27. The Morgan fingerprint density at radius 1 is 1.00 bits per heavy atom. The van der Waals surface area contributed by atoms with Crippen LogP contribution >= 0.6 is 11.8 Å². The summed E-state index contributed by atoms with van der Waals surface area (Å²) < 4.78 is 13.0. The highest BCUT2D eigenvalue weighted by atomic mass is 32.2. The number of benzene rings is 2. The maximum absolute atomic E-state index is 13.0. The maximum Gasteiger partial charge on any atom is 0.305 e. The van der Waals surface area contributed by atoms with Gasteiger partial charge in [0.1, 0.15) is 5.82 Å². The van der Waals surface area contributed by atoms with Crippen LogP contribution in [-0.2, 0) is 15.3 Å². The number of carboxylic acid groups (broad SMARTS) is 1. The first-order valence-corrected chi connectivity index (χ1v) is 11.0. The molecule has 2 aromatic carbocycles. The van der Waals surface area contributed by atoms with Crippen molar-refractivity contribution in [1.29, 1.82) is 0 Å². The summed E-state index contributed by atoms with van der Waals surface area (Å²) in [5.74, 6) is -2.03. The molecule has 1 amide bonds. The lowest BCUT2D eigenvalue weighted by atomic mass is 10.1. The minimum Gasteiger partial charge on any atom is -0.481 e. The second kappa shape index (κ2) is 11.2. The highest BCUT2D eigenvalue weighted by Crippen LogP contribution is 2.19. The first kappa shape index (κ1) is 23.1. The summed E-state index contributed by atoms with van der Waals surface area (Å²) in [4.78, 5) is 40.6. The van der Waals surface area contributed by atoms with E-state index in [1.807, 2.05) is 30.3 Å². The lowest BCUT2D eigenvalue weighted by Gasteiger charge is -2.16. The zero-order valence-corrected chi connectivity index (χ0v) is 17.8. The number of pyridine rings is 1. The number of nitrogens with one attached hydrogen (secondary N) is 1. The summed E-state index contributed by atoms with van der Waals surface area (Å²) in [5, 5.41) is 11.7. The van der Waals surface area contributed by atoms with Crippen molar-refractivity contribution in [3.05, 3.63) is 90.0 Å². The average Bonchev–Trinajstić information content (AvgIpc) is 2.80. The number of aliphatic carboxylic acids is 1. The molecule has 6 nitrogen and oxygen atoms in total. The van der Waals surface area contributed by atoms with Gasteiger partial charge in [0.25, 0.3) is 5.91 Å². The van der Waals surface area contributed by atoms with Crippen LogP contribution in [0.5, 0.6) is 0 Å². The van der Waals surface area contributed by atoms with Crippen molar-refractivity contribution < 1.29 is 23.9 Å². The molecule has 1 heterocycles. The van der Waals surface area contributed by atoms with Crippen LogP contribution in [-0.4, -0.2) is 39.5 Å². The van der Waals surface area contributed by atoms with Gasteiger partial charge in [-0.1, -0.05) is 42.5 Å². The number of nitrogens with zero attached hydrogens (tertiary/aromatic N) is 1. The van der Waals surface area contributed by atoms with Gasteiger partial charge < -0.3 is 10.4 Å². The third kappa shape index (κ3) is 6.75. The minimum atomic E-state index is -1.19. The molecule has 0 aliphatic carbocycles. The van der Waals surface area contributed by atoms with E-state index >= 15 is 0 Å². The molecule has 0 aliphatic rings. The van der Waals surface area contributed by atoms with E-state index in [1.165, 1.54) is 30.1 Å². The number of hydrogen-bond donors (Lipinski definition) is 2. The molecule has 0 spiro atoms. The predicted molar refractivity (Wildman–Crippen MR) is 121 cm³/mol. The van der Waals surface area contributed by atoms with Gasteiger partial charge in [0.05, 0.1) is 23.8 Å². The number of aromatic nitrogens is 1. The fourth-order valence-electron chi connectivity index (χ4n) is 2.96. The third-order valence-corrected chi connectivity index (χ3v) is 5.63. The number of carbonyl (C=O) groups is 3. The first-order chi connectivity index (χ1) is 15.4. The van der Waals surface area contributed by atoms with Crippen molar-refractivity contribution in [1.82, 2.24) is 10.3 Å². The Morgan fingerprint density at radius 3 is 2.41 bits per heavy atom. The Bertz CT molecular complexity index is 1090. The van der Waals surface area contributed by atoms with Gasteiger partial charge in [-0.3, -0.25) is 19.4 Å². The molecular formula is C24H21FN2O4S. The van der Waals surface area contributed by atoms with Gasteiger partial charge in [0.15, 0.2) is 5.78 Å². The van der Waals surface area contributed by atoms with E-state index in [2.05, 4.69) is 10.3 Å². The van der Waals surface area contributed by atoms with E-state index in [1.54, 1.807) is 24.4 Å². The average molecular weight is 453 g/mol. The van der Waals surface area contributed by atoms with Crippen LogP contribution in [0, 0.1) is 5.82 Å². The summed E-state index contributed by atoms with van der Waals surface area (Å²) in [5.41, 5.74) is 2.68. The number of ketones is 1. The van der Waals surface area contributed by atoms with Gasteiger partial charge in [-0.15, -0.1) is 11.8 Å². The first-order valence-electron chi connectivity index (χ1n) is 9.80. The van der Waals surface area contributed by atoms with E-state index < -0.39 is 30.1 Å². The number of hydrogen-bond acceptors (Lipinski definition) is 5. The second-order valence-corrected chi connectivity index (χ2v) is 8.02. The third-order valence-electron chi connectivity index (χ3n) is 4.61. The van der Waals surface area contributed by atoms with E-state index in [4.69, 9.17) is 0 Å². The van der Waals surface area contributed by atoms with Crippen molar-refractivity contribution in [2.75, 3.05) is 5.75 Å². The van der Waals surface area contributed by atoms with Crippen LogP contribution < -0.4 is 5.32 Å². The van der Waals surface area contributed by atoms with Crippen molar-refractivity contribution >= 4 is 29.4 Å². The molecule has 1 atom stereocenters. The van der Waals surface area contributed by atoms with Crippen molar-refractivity contribution in [3.63, 3.8) is 0 Å². The number of halogens is 1. The van der Waals surface area contributed by atoms with Crippen molar-refractivity contribution in [2.24, 2.45) is 0 Å². The largest absolute Gasteiger partial charge is 0.481 e. The zero-order chi connectivity index (χ0) is 22.9. The molecule has 3 rings (SSSR count). The molecule has 0 radical (unpaired) electrons. The number of Topliss-reactive ketones (excluding diaryl/α,β-unsaturated/α-hetero) is 1. The highest BCUT2D eigenvalue weighted by molar-refractivity contribution is 7.99. The van der Waals surface area contributed by atoms with Crippen molar-refractivity contribution in [3.8, 4) is 11.1 Å². The summed E-state index contributed by atoms with van der Waals surface area (Å²) in [7, 11) is 0. The minimum absolute atomic E-state index is 0.0118. The van der Waals surface area contributed by atoms with Crippen LogP contribution in [0.3, 0.4) is 0 Å². The summed E-state index contributed by atoms with van der Waals surface area (Å²) in [6, 6.07) is 15.8. The fourth-order valence-corrected chi connectivity index (χ4v) is 3.90. The predicted octanol–water partition coefficient (Wildman–Crippen LogP) is 3.96. The number of carboxylic acids is 1. The van der Waals surface area contributed by atoms with Gasteiger partial charge in [-0.05, 0) is 29.3 Å². The smallest absolute Gasteiger partial charge is 0.305 e. The van der Waals surface area contributed by atoms with Crippen LogP contribution in [0.1, 0.15) is 22.3 Å². The second-order valence-electron chi connectivity index (χ2n) is 7.04. The van der Waals surface area contributed by atoms with Gasteiger partial charge in [-0.25, -0.2) is 4.39 Å². The molecule has 0 unspecified atom stereocenters. The van der Waals surface area contributed by atoms with E-state index in [9.17, 15) is 23.9 Å². The molecule has 2 N–H and O–H groups in total. The van der Waals surface area contributed by atoms with Crippen LogP contribution in [0.15, 0.2) is 73.1 Å². The molecule has 1 aromatic heterocycles. The van der Waals surface area contributed by atoms with Gasteiger partial charge in [0, 0.05) is 23.7 Å². The summed E-state index contributed by atoms with van der Waals surface area (Å²) in [6.45, 7) is 0. The highest BCUT2D eigenvalue weighted by Gasteiger charge is 2.24. The lowest BCUT2D eigenvalue weighted by molar-refractivity contribution is -0.139. The lowest BCUT2D eigenvalue weighted by Crippen LogP contribution is -2.43. The van der Waals surface area contributed by atoms with Gasteiger partial charge >= 0.3 is 5.97 Å². The monoisotopic (exact) mass is 452 g/mol. The number of thioether (sulfide) groups is 1. The van der Waals surface area contributed by atoms with Crippen LogP contribution in [0.4, 0.5) is 4.39 Å². The SMILES string of the molecule is O=C(O)C[C@H](NC(=O)c1cncc(-c2ccccc2)c1)C(=O)CSCc1ccc(F)cc1. The molecule has 3 aromatic rings. The van der Waals surface area contributed by atoms with Crippen LogP contribution in [0.25, 0.3) is 11.1 Å². The molecule has 0 saturated heterocycles. The number of rotatable bonds is 10. The number of amides is 1. The van der Waals surface area contributed by atoms with E-state index in [-0.39, 0.29) is 17.1 Å². The molecule has 0 bridgehead atoms. The normalized spacial score (nSPS) is 11.5. The Balaban J connectivity index is 1.64. The molecule has 8 heteroatoms. The van der Waals surface area contributed by atoms with E-state index in [0.29, 0.717) is 5.75 Å². The Labute approximate surface area is 188 Å². The number of carbonyl (C=O) groups excluding carboxylic acids is 2. The molecular weight excluding hydrogens is 431 g/mol. The molecule has 0 saturated carbocycles. The topological polar surface area (TPSA) is 96.4 Å². The van der Waals surface area contributed by atoms with Crippen LogP contribution in [0.2, 0.25) is 0 Å². The maximum atomic E-state index is 13.0.